The van der Waals surface area contributed by atoms with E-state index >= 15 is 0 Å². The Morgan fingerprint density at radius 2 is 2.53 bits per heavy atom. The number of rotatable bonds is 5. The van der Waals surface area contributed by atoms with E-state index in [1.54, 1.807) is 0 Å². The van der Waals surface area contributed by atoms with E-state index in [0.717, 1.165) is 26.2 Å². The number of ether oxygens (including phenoxy) is 1. The summed E-state index contributed by atoms with van der Waals surface area (Å²) < 4.78 is 7.60. The van der Waals surface area contributed by atoms with Gasteiger partial charge < -0.3 is 15.0 Å². The van der Waals surface area contributed by atoms with Crippen molar-refractivity contribution in [3.8, 4) is 0 Å². The molecule has 0 aliphatic carbocycles. The second-order valence-electron chi connectivity index (χ2n) is 4.54. The van der Waals surface area contributed by atoms with Crippen LogP contribution in [0.25, 0.3) is 0 Å². The summed E-state index contributed by atoms with van der Waals surface area (Å²) in [4.78, 5) is 6.55. The predicted molar refractivity (Wildman–Crippen MR) is 66.7 cm³/mol. The molecule has 1 saturated heterocycles. The van der Waals surface area contributed by atoms with Crippen LogP contribution in [0.15, 0.2) is 12.5 Å². The Kier molecular flexibility index (Phi) is 4.15. The van der Waals surface area contributed by atoms with E-state index in [9.17, 15) is 0 Å². The Hall–Kier alpha value is -0.910. The quantitative estimate of drug-likeness (QED) is 0.817. The van der Waals surface area contributed by atoms with Gasteiger partial charge in [-0.25, -0.2) is 4.98 Å². The lowest BCUT2D eigenvalue weighted by Gasteiger charge is -2.31. The monoisotopic (exact) mass is 238 g/mol. The number of hydrogen-bond donors (Lipinski definition) is 1. The molecule has 2 N–H and O–H groups in total. The summed E-state index contributed by atoms with van der Waals surface area (Å²) in [6.07, 6.45) is 4.89. The Balaban J connectivity index is 2.14. The second kappa shape index (κ2) is 5.62. The third-order valence-corrected chi connectivity index (χ3v) is 3.62. The van der Waals surface area contributed by atoms with Crippen LogP contribution < -0.4 is 5.73 Å². The van der Waals surface area contributed by atoms with Gasteiger partial charge in [0.25, 0.3) is 0 Å². The molecule has 96 valence electrons. The number of nitrogens with two attached hydrogens (primary N) is 1. The summed E-state index contributed by atoms with van der Waals surface area (Å²) in [7, 11) is 2.13. The van der Waals surface area contributed by atoms with Gasteiger partial charge in [0.2, 0.25) is 0 Å². The average Bonchev–Trinajstić information content (AvgIpc) is 3.01. The molecule has 0 amide bonds. The van der Waals surface area contributed by atoms with Crippen molar-refractivity contribution in [2.24, 2.45) is 5.73 Å². The Labute approximate surface area is 103 Å². The highest BCUT2D eigenvalue weighted by molar-refractivity contribution is 5.07. The number of nitrogens with zero attached hydrogens (tertiary/aromatic N) is 3. The minimum absolute atomic E-state index is 0.226. The molecule has 1 aliphatic rings. The second-order valence-corrected chi connectivity index (χ2v) is 4.54. The fourth-order valence-electron chi connectivity index (χ4n) is 2.47. The van der Waals surface area contributed by atoms with Gasteiger partial charge in [-0.05, 0) is 20.4 Å². The Morgan fingerprint density at radius 3 is 3.12 bits per heavy atom. The van der Waals surface area contributed by atoms with Crippen LogP contribution in [0.2, 0.25) is 0 Å². The fourth-order valence-corrected chi connectivity index (χ4v) is 2.47. The van der Waals surface area contributed by atoms with Gasteiger partial charge in [0, 0.05) is 31.9 Å². The molecule has 0 aromatic carbocycles. The molecule has 5 heteroatoms. The van der Waals surface area contributed by atoms with Crippen LogP contribution in [0.1, 0.15) is 25.1 Å². The molecular formula is C12H22N4O. The summed E-state index contributed by atoms with van der Waals surface area (Å²) in [5.41, 5.74) is 7.13. The van der Waals surface area contributed by atoms with Crippen molar-refractivity contribution in [1.82, 2.24) is 14.5 Å². The van der Waals surface area contributed by atoms with E-state index in [2.05, 4.69) is 28.4 Å². The van der Waals surface area contributed by atoms with E-state index in [1.165, 1.54) is 5.69 Å². The molecule has 0 saturated carbocycles. The van der Waals surface area contributed by atoms with Gasteiger partial charge in [0.15, 0.2) is 0 Å². The molecule has 2 heterocycles. The van der Waals surface area contributed by atoms with Crippen LogP contribution in [0.5, 0.6) is 0 Å². The topological polar surface area (TPSA) is 56.3 Å². The number of aromatic nitrogens is 2. The third-order valence-electron chi connectivity index (χ3n) is 3.62. The number of hydrogen-bond acceptors (Lipinski definition) is 4. The largest absolute Gasteiger partial charge is 0.380 e. The summed E-state index contributed by atoms with van der Waals surface area (Å²) in [6, 6.07) is 0.702. The van der Waals surface area contributed by atoms with Gasteiger partial charge in [-0.2, -0.15) is 0 Å². The first-order valence-corrected chi connectivity index (χ1v) is 6.27. The zero-order valence-electron chi connectivity index (χ0n) is 10.7. The average molecular weight is 238 g/mol. The van der Waals surface area contributed by atoms with Crippen molar-refractivity contribution in [2.45, 2.75) is 32.0 Å². The SMILES string of the molecule is CCn1cncc1C(CN)N(C)C1CCOC1. The van der Waals surface area contributed by atoms with Crippen LogP contribution in [0.3, 0.4) is 0 Å². The Bertz CT molecular complexity index is 346. The molecule has 1 aromatic rings. The van der Waals surface area contributed by atoms with Gasteiger partial charge in [0.05, 0.1) is 24.7 Å². The zero-order valence-corrected chi connectivity index (χ0v) is 10.7. The molecule has 1 aliphatic heterocycles. The maximum atomic E-state index is 5.93. The van der Waals surface area contributed by atoms with Gasteiger partial charge in [-0.1, -0.05) is 0 Å². The van der Waals surface area contributed by atoms with Crippen LogP contribution in [-0.2, 0) is 11.3 Å². The summed E-state index contributed by atoms with van der Waals surface area (Å²) in [5, 5.41) is 0. The number of aryl methyl sites for hydroxylation is 1. The lowest BCUT2D eigenvalue weighted by Crippen LogP contribution is -2.39. The van der Waals surface area contributed by atoms with E-state index in [-0.39, 0.29) is 6.04 Å². The number of imidazole rings is 1. The molecular weight excluding hydrogens is 216 g/mol. The first-order chi connectivity index (χ1) is 8.27. The number of likely N-dealkylation sites (N-methyl/N-ethyl adjacent to an activating group) is 1. The highest BCUT2D eigenvalue weighted by Crippen LogP contribution is 2.23. The molecule has 2 atom stereocenters. The highest BCUT2D eigenvalue weighted by atomic mass is 16.5. The van der Waals surface area contributed by atoms with Crippen LogP contribution >= 0.6 is 0 Å². The molecule has 1 fully saturated rings. The van der Waals surface area contributed by atoms with Gasteiger partial charge >= 0.3 is 0 Å². The van der Waals surface area contributed by atoms with E-state index in [0.29, 0.717) is 12.6 Å². The van der Waals surface area contributed by atoms with E-state index in [4.69, 9.17) is 10.5 Å². The van der Waals surface area contributed by atoms with Crippen LogP contribution in [0, 0.1) is 0 Å². The normalized spacial score (nSPS) is 22.2. The third kappa shape index (κ3) is 2.51. The standard InChI is InChI=1S/C12H22N4O/c1-3-16-9-14-7-12(16)11(6-13)15(2)10-4-5-17-8-10/h7,9-11H,3-6,8,13H2,1-2H3. The minimum Gasteiger partial charge on any atom is -0.380 e. The summed E-state index contributed by atoms with van der Waals surface area (Å²) >= 11 is 0. The van der Waals surface area contributed by atoms with Crippen molar-refractivity contribution >= 4 is 0 Å². The van der Waals surface area contributed by atoms with Crippen LogP contribution in [-0.4, -0.2) is 47.3 Å². The maximum absolute atomic E-state index is 5.93. The van der Waals surface area contributed by atoms with Crippen molar-refractivity contribution in [1.29, 1.82) is 0 Å². The molecule has 0 spiro atoms. The van der Waals surface area contributed by atoms with E-state index < -0.39 is 0 Å². The first kappa shape index (κ1) is 12.5. The lowest BCUT2D eigenvalue weighted by atomic mass is 10.1. The fraction of sp³-hybridized carbons (Fsp3) is 0.750. The molecule has 1 aromatic heterocycles. The Morgan fingerprint density at radius 1 is 1.71 bits per heavy atom. The lowest BCUT2D eigenvalue weighted by molar-refractivity contribution is 0.131. The van der Waals surface area contributed by atoms with Crippen LogP contribution in [0.4, 0.5) is 0 Å². The molecule has 2 rings (SSSR count). The zero-order chi connectivity index (χ0) is 12.3. The van der Waals surface area contributed by atoms with Gasteiger partial charge in [0.1, 0.15) is 0 Å². The highest BCUT2D eigenvalue weighted by Gasteiger charge is 2.28. The summed E-state index contributed by atoms with van der Waals surface area (Å²) in [5.74, 6) is 0. The van der Waals surface area contributed by atoms with Crippen molar-refractivity contribution in [2.75, 3.05) is 26.8 Å². The minimum atomic E-state index is 0.226. The molecule has 17 heavy (non-hydrogen) atoms. The van der Waals surface area contributed by atoms with Gasteiger partial charge in [-0.3, -0.25) is 4.90 Å². The van der Waals surface area contributed by atoms with Crippen molar-refractivity contribution < 1.29 is 4.74 Å². The first-order valence-electron chi connectivity index (χ1n) is 6.27. The van der Waals surface area contributed by atoms with Gasteiger partial charge in [-0.15, -0.1) is 0 Å². The molecule has 0 radical (unpaired) electrons. The smallest absolute Gasteiger partial charge is 0.0948 e. The summed E-state index contributed by atoms with van der Waals surface area (Å²) in [6.45, 7) is 5.34. The molecule has 2 unspecified atom stereocenters. The van der Waals surface area contributed by atoms with E-state index in [1.807, 2.05) is 12.5 Å². The van der Waals surface area contributed by atoms with Crippen molar-refractivity contribution in [3.05, 3.63) is 18.2 Å². The molecule has 0 bridgehead atoms. The van der Waals surface area contributed by atoms with Crippen molar-refractivity contribution in [3.63, 3.8) is 0 Å². The maximum Gasteiger partial charge on any atom is 0.0948 e. The molecule has 5 nitrogen and oxygen atoms in total. The predicted octanol–water partition coefficient (Wildman–Crippen LogP) is 0.624.